The largest absolute Gasteiger partial charge is 0.772 e. The van der Waals surface area contributed by atoms with Gasteiger partial charge in [-0.15, -0.1) is 0 Å². The summed E-state index contributed by atoms with van der Waals surface area (Å²) in [5.41, 5.74) is 10.6. The van der Waals surface area contributed by atoms with Crippen molar-refractivity contribution >= 4 is 54.2 Å². The first kappa shape index (κ1) is 48.6. The Morgan fingerprint density at radius 3 is 2.03 bits per heavy atom. The number of fused-ring (bicyclic) bond motifs is 2. The number of hydrogen-bond acceptors (Lipinski definition) is 11. The van der Waals surface area contributed by atoms with Crippen LogP contribution in [-0.2, 0) is 36.3 Å². The molecule has 0 aromatic heterocycles. The predicted molar refractivity (Wildman–Crippen MR) is 247 cm³/mol. The van der Waals surface area contributed by atoms with Gasteiger partial charge < -0.3 is 28.4 Å². The summed E-state index contributed by atoms with van der Waals surface area (Å²) in [6, 6.07) is 8.19. The van der Waals surface area contributed by atoms with Crippen molar-refractivity contribution in [3.8, 4) is 23.0 Å². The van der Waals surface area contributed by atoms with Crippen LogP contribution in [0.1, 0.15) is 104 Å². The summed E-state index contributed by atoms with van der Waals surface area (Å²) in [6.45, 7) is 12.0. The molecule has 1 unspecified atom stereocenters. The molecule has 2 aromatic rings. The third-order valence-corrected chi connectivity index (χ3v) is 15.5. The normalized spacial score (nSPS) is 19.0. The van der Waals surface area contributed by atoms with Crippen LogP contribution in [0, 0.1) is 0 Å². The second-order valence-corrected chi connectivity index (χ2v) is 19.0. The van der Waals surface area contributed by atoms with E-state index in [9.17, 15) is 17.2 Å². The highest BCUT2D eigenvalue weighted by Gasteiger charge is 2.50. The molecule has 0 radical (unpaired) electrons. The van der Waals surface area contributed by atoms with E-state index in [0.717, 1.165) is 83.3 Å². The summed E-state index contributed by atoms with van der Waals surface area (Å²) in [4.78, 5) is 2.27. The van der Waals surface area contributed by atoms with E-state index in [-0.39, 0.29) is 22.3 Å². The van der Waals surface area contributed by atoms with Gasteiger partial charge >= 0.3 is 0 Å². The average molecular weight is 947 g/mol. The molecule has 2 aromatic carbocycles. The topological polar surface area (TPSA) is 139 Å². The second-order valence-electron chi connectivity index (χ2n) is 15.5. The fourth-order valence-electron chi connectivity index (χ4n) is 9.47. The molecule has 12 nitrogen and oxygen atoms in total. The third-order valence-electron chi connectivity index (χ3n) is 12.7. The minimum absolute atomic E-state index is 0.0760. The Balaban J connectivity index is 1.61. The molecule has 15 heteroatoms. The molecule has 2 aliphatic heterocycles. The molecule has 0 bridgehead atoms. The molecule has 61 heavy (non-hydrogen) atoms. The van der Waals surface area contributed by atoms with Gasteiger partial charge in [0.2, 0.25) is 5.69 Å². The molecule has 336 valence electrons. The lowest BCUT2D eigenvalue weighted by atomic mass is 9.73. The molecular weight excluding hydrogens is 883 g/mol. The monoisotopic (exact) mass is 945 g/mol. The summed E-state index contributed by atoms with van der Waals surface area (Å²) in [7, 11) is 2.78. The van der Waals surface area contributed by atoms with Crippen molar-refractivity contribution in [3.05, 3.63) is 81.0 Å². The Morgan fingerprint density at radius 1 is 0.836 bits per heavy atom. The van der Waals surface area contributed by atoms with Gasteiger partial charge in [-0.3, -0.25) is 4.21 Å². The number of hydrogen-bond donors (Lipinski definition) is 1. The number of ether oxygens (including phenoxy) is 4. The van der Waals surface area contributed by atoms with E-state index < -0.39 is 21.2 Å². The van der Waals surface area contributed by atoms with Crippen molar-refractivity contribution < 1.29 is 45.0 Å². The first-order chi connectivity index (χ1) is 29.3. The van der Waals surface area contributed by atoms with Crippen LogP contribution < -0.4 is 29.3 Å². The minimum Gasteiger partial charge on any atom is -0.772 e. The SMILES string of the molecule is CCNOS(=O)(=O)CCC[N+]1=C(/C=C/C2=C(Br)C(=C/C=C3\N(CCCS(=O)[O-])c4cc(OC)c(OC)cc4C3(CC)CC)/CCC2)C(CC)(CC)c2cc(OC)c(OC)cc21. The summed E-state index contributed by atoms with van der Waals surface area (Å²) in [5.74, 6) is 2.50. The van der Waals surface area contributed by atoms with Gasteiger partial charge in [-0.05, 0) is 86.3 Å². The van der Waals surface area contributed by atoms with E-state index in [4.69, 9.17) is 23.2 Å². The minimum atomic E-state index is -3.77. The molecule has 0 amide bonds. The number of hydroxylamine groups is 1. The number of halogens is 1. The lowest BCUT2D eigenvalue weighted by molar-refractivity contribution is -0.437. The van der Waals surface area contributed by atoms with Crippen molar-refractivity contribution in [3.63, 3.8) is 0 Å². The first-order valence-electron chi connectivity index (χ1n) is 21.4. The molecule has 5 rings (SSSR count). The maximum absolute atomic E-state index is 12.7. The molecule has 1 aliphatic carbocycles. The molecule has 1 atom stereocenters. The van der Waals surface area contributed by atoms with Crippen LogP contribution in [0.25, 0.3) is 0 Å². The number of methoxy groups -OCH3 is 4. The highest BCUT2D eigenvalue weighted by Crippen LogP contribution is 2.55. The van der Waals surface area contributed by atoms with E-state index in [1.54, 1.807) is 35.4 Å². The Bertz CT molecular complexity index is 2210. The molecule has 2 heterocycles. The smallest absolute Gasteiger partial charge is 0.283 e. The van der Waals surface area contributed by atoms with E-state index in [1.807, 2.05) is 12.1 Å². The zero-order chi connectivity index (χ0) is 44.5. The summed E-state index contributed by atoms with van der Waals surface area (Å²) < 4.78 is 80.0. The van der Waals surface area contributed by atoms with Crippen molar-refractivity contribution in [1.82, 2.24) is 5.48 Å². The number of nitrogens with zero attached hydrogens (tertiary/aromatic N) is 2. The van der Waals surface area contributed by atoms with Crippen molar-refractivity contribution in [2.45, 2.75) is 103 Å². The van der Waals surface area contributed by atoms with Crippen LogP contribution in [0.3, 0.4) is 0 Å². The average Bonchev–Trinajstić information content (AvgIpc) is 3.67. The quantitative estimate of drug-likeness (QED) is 0.0687. The third kappa shape index (κ3) is 9.87. The summed E-state index contributed by atoms with van der Waals surface area (Å²) >= 11 is 1.91. The van der Waals surface area contributed by atoms with Gasteiger partial charge in [0.1, 0.15) is 6.54 Å². The molecule has 1 N–H and O–H groups in total. The van der Waals surface area contributed by atoms with Crippen LogP contribution in [0.15, 0.2) is 69.9 Å². The van der Waals surface area contributed by atoms with E-state index in [2.05, 4.69) is 95.0 Å². The van der Waals surface area contributed by atoms with E-state index >= 15 is 0 Å². The van der Waals surface area contributed by atoms with Crippen molar-refractivity contribution in [2.24, 2.45) is 0 Å². The molecule has 0 saturated carbocycles. The predicted octanol–water partition coefficient (Wildman–Crippen LogP) is 9.19. The Morgan fingerprint density at radius 2 is 1.44 bits per heavy atom. The number of nitrogens with one attached hydrogen (secondary N) is 1. The second kappa shape index (κ2) is 21.3. The zero-order valence-corrected chi connectivity index (χ0v) is 40.5. The number of benzene rings is 2. The summed E-state index contributed by atoms with van der Waals surface area (Å²) in [6.07, 6.45) is 15.8. The maximum atomic E-state index is 12.7. The Hall–Kier alpha value is -3.47. The fraction of sp³-hybridized carbons (Fsp3) is 0.543. The van der Waals surface area contributed by atoms with Gasteiger partial charge in [-0.25, -0.2) is 0 Å². The van der Waals surface area contributed by atoms with E-state index in [1.165, 1.54) is 11.1 Å². The molecule has 3 aliphatic rings. The van der Waals surface area contributed by atoms with Gasteiger partial charge in [0.25, 0.3) is 10.1 Å². The zero-order valence-electron chi connectivity index (χ0n) is 37.3. The molecule has 0 spiro atoms. The maximum Gasteiger partial charge on any atom is 0.283 e. The van der Waals surface area contributed by atoms with Crippen LogP contribution in [0.4, 0.5) is 11.4 Å². The van der Waals surface area contributed by atoms with Crippen molar-refractivity contribution in [2.75, 3.05) is 64.5 Å². The van der Waals surface area contributed by atoms with Crippen LogP contribution in [0.5, 0.6) is 23.0 Å². The van der Waals surface area contributed by atoms with Crippen LogP contribution in [0.2, 0.25) is 0 Å². The summed E-state index contributed by atoms with van der Waals surface area (Å²) in [5, 5.41) is 0. The molecule has 0 fully saturated rings. The fourth-order valence-corrected chi connectivity index (χ4v) is 11.4. The highest BCUT2D eigenvalue weighted by atomic mass is 79.9. The lowest BCUT2D eigenvalue weighted by Crippen LogP contribution is -2.33. The first-order valence-corrected chi connectivity index (χ1v) is 25.0. The number of rotatable bonds is 22. The number of allylic oxidation sites excluding steroid dienone is 8. The number of anilines is 1. The molecular formula is C46H64BrN3O9S2. The highest BCUT2D eigenvalue weighted by molar-refractivity contribution is 9.12. The van der Waals surface area contributed by atoms with E-state index in [0.29, 0.717) is 55.5 Å². The lowest BCUT2D eigenvalue weighted by Gasteiger charge is -2.32. The molecule has 0 saturated heterocycles. The van der Waals surface area contributed by atoms with Crippen LogP contribution in [-0.4, -0.2) is 87.0 Å². The Kier molecular flexibility index (Phi) is 16.9. The van der Waals surface area contributed by atoms with Crippen molar-refractivity contribution in [1.29, 1.82) is 0 Å². The Labute approximate surface area is 374 Å². The van der Waals surface area contributed by atoms with Gasteiger partial charge in [-0.1, -0.05) is 73.8 Å². The van der Waals surface area contributed by atoms with Gasteiger partial charge in [0, 0.05) is 64.3 Å². The van der Waals surface area contributed by atoms with Gasteiger partial charge in [0.15, 0.2) is 28.7 Å². The van der Waals surface area contributed by atoms with Gasteiger partial charge in [-0.2, -0.15) is 22.8 Å². The van der Waals surface area contributed by atoms with Gasteiger partial charge in [0.05, 0.1) is 45.7 Å². The van der Waals surface area contributed by atoms with Crippen LogP contribution >= 0.6 is 15.9 Å². The standard InChI is InChI=1S/C46H64BrN3O9S2/c1-10-45(11-2)34-28-38(55-6)40(57-8)30-36(34)49(24-16-26-60(51)52)42(45)22-20-32-18-15-19-33(44(32)47)21-23-43-46(12-3,13-4)35-29-39(56-7)41(58-9)31-37(35)50(43)25-17-27-61(53,54)59-48-14-5/h20-23,28-31,48H,10-19,24-27H2,1-9H3.